The van der Waals surface area contributed by atoms with Gasteiger partial charge in [0, 0.05) is 58.2 Å². The molecule has 4 atom stereocenters. The molecule has 2 saturated heterocycles. The van der Waals surface area contributed by atoms with E-state index in [1.165, 1.54) is 34.1 Å². The molecule has 4 unspecified atom stereocenters. The fourth-order valence-electron chi connectivity index (χ4n) is 3.06. The number of aliphatic hydroxyl groups is 2. The minimum absolute atomic E-state index is 0.325. The van der Waals surface area contributed by atoms with E-state index in [1.807, 2.05) is 23.5 Å². The lowest BCUT2D eigenvalue weighted by Crippen LogP contribution is -2.04. The van der Waals surface area contributed by atoms with Crippen LogP contribution in [0.2, 0.25) is 0 Å². The van der Waals surface area contributed by atoms with Crippen LogP contribution in [0.4, 0.5) is 0 Å². The van der Waals surface area contributed by atoms with Gasteiger partial charge in [-0.15, -0.1) is 47.0 Å². The Balaban J connectivity index is 1.28. The van der Waals surface area contributed by atoms with Crippen LogP contribution in [0.25, 0.3) is 0 Å². The number of hydrogen-bond donors (Lipinski definition) is 2. The van der Waals surface area contributed by atoms with Crippen LogP contribution in [0.1, 0.15) is 24.0 Å². The van der Waals surface area contributed by atoms with Crippen molar-refractivity contribution >= 4 is 70.6 Å². The Hall–Kier alpha value is 1.24. The lowest BCUT2D eigenvalue weighted by Gasteiger charge is -2.10. The van der Waals surface area contributed by atoms with E-state index in [0.717, 1.165) is 24.3 Å². The summed E-state index contributed by atoms with van der Waals surface area (Å²) < 4.78 is 1.39. The van der Waals surface area contributed by atoms with E-state index in [2.05, 4.69) is 71.3 Å². The van der Waals surface area contributed by atoms with Gasteiger partial charge in [-0.25, -0.2) is 0 Å². The summed E-state index contributed by atoms with van der Waals surface area (Å²) in [7, 11) is 0. The minimum Gasteiger partial charge on any atom is -0.396 e. The summed E-state index contributed by atoms with van der Waals surface area (Å²) in [4.78, 5) is 0. The molecule has 0 spiro atoms. The Labute approximate surface area is 195 Å². The Morgan fingerprint density at radius 3 is 1.57 bits per heavy atom. The predicted molar refractivity (Wildman–Crippen MR) is 137 cm³/mol. The molecule has 8 heteroatoms. The molecule has 2 N–H and O–H groups in total. The Kier molecular flexibility index (Phi) is 11.6. The number of thioether (sulfide) groups is 6. The highest BCUT2D eigenvalue weighted by molar-refractivity contribution is 8.21. The highest BCUT2D eigenvalue weighted by Gasteiger charge is 2.26. The molecule has 0 aromatic heterocycles. The zero-order valence-electron chi connectivity index (χ0n) is 16.0. The maximum atomic E-state index is 9.06. The van der Waals surface area contributed by atoms with Crippen molar-refractivity contribution in [1.29, 1.82) is 0 Å². The van der Waals surface area contributed by atoms with Gasteiger partial charge in [-0.05, 0) is 24.0 Å². The van der Waals surface area contributed by atoms with Gasteiger partial charge in [-0.2, -0.15) is 23.5 Å². The quantitative estimate of drug-likeness (QED) is 0.407. The molecule has 0 amide bonds. The van der Waals surface area contributed by atoms with Gasteiger partial charge in [0.05, 0.1) is 9.16 Å². The van der Waals surface area contributed by atoms with E-state index in [0.29, 0.717) is 32.9 Å². The number of hydrogen-bond acceptors (Lipinski definition) is 8. The molecular weight excluding hydrogens is 465 g/mol. The third kappa shape index (κ3) is 8.40. The monoisotopic (exact) mass is 494 g/mol. The maximum Gasteiger partial charge on any atom is 0.0596 e. The van der Waals surface area contributed by atoms with Crippen molar-refractivity contribution in [1.82, 2.24) is 0 Å². The molecule has 2 heterocycles. The average Bonchev–Trinajstić information content (AvgIpc) is 3.33. The van der Waals surface area contributed by atoms with E-state index < -0.39 is 0 Å². The first kappa shape index (κ1) is 23.9. The Morgan fingerprint density at radius 2 is 1.18 bits per heavy atom. The van der Waals surface area contributed by atoms with Crippen molar-refractivity contribution in [2.24, 2.45) is 0 Å². The van der Waals surface area contributed by atoms with Crippen LogP contribution in [0.3, 0.4) is 0 Å². The van der Waals surface area contributed by atoms with Crippen LogP contribution in [-0.2, 0) is 11.5 Å². The molecule has 2 fully saturated rings. The normalized spacial score (nSPS) is 27.5. The Bertz CT molecular complexity index is 509. The highest BCUT2D eigenvalue weighted by atomic mass is 32.2. The van der Waals surface area contributed by atoms with Crippen LogP contribution >= 0.6 is 70.6 Å². The predicted octanol–water partition coefficient (Wildman–Crippen LogP) is 5.27. The van der Waals surface area contributed by atoms with Gasteiger partial charge >= 0.3 is 0 Å². The zero-order valence-corrected chi connectivity index (χ0v) is 20.9. The Morgan fingerprint density at radius 1 is 0.750 bits per heavy atom. The number of aliphatic hydroxyl groups excluding tert-OH is 2. The van der Waals surface area contributed by atoms with Crippen molar-refractivity contribution in [3.8, 4) is 0 Å². The highest BCUT2D eigenvalue weighted by Crippen LogP contribution is 2.42. The lowest BCUT2D eigenvalue weighted by molar-refractivity contribution is 0.289. The molecule has 2 nitrogen and oxygen atoms in total. The molecule has 28 heavy (non-hydrogen) atoms. The van der Waals surface area contributed by atoms with E-state index in [1.54, 1.807) is 0 Å². The summed E-state index contributed by atoms with van der Waals surface area (Å²) in [5.74, 6) is 6.98. The molecule has 0 saturated carbocycles. The summed E-state index contributed by atoms with van der Waals surface area (Å²) >= 11 is 12.3. The standard InChI is InChI=1S/C20H30O2S6/c21-7-5-17-11-25-19(27-17)13-23-9-15-1-2-16(4-3-15)10-24-14-20-26-12-18(28-20)6-8-22/h1-4,17-22H,5-14H2. The molecule has 0 aliphatic carbocycles. The molecule has 0 bridgehead atoms. The van der Waals surface area contributed by atoms with Crippen LogP contribution < -0.4 is 0 Å². The summed E-state index contributed by atoms with van der Waals surface area (Å²) in [5.41, 5.74) is 2.85. The molecule has 1 aromatic carbocycles. The number of benzene rings is 1. The van der Waals surface area contributed by atoms with E-state index in [4.69, 9.17) is 10.2 Å². The lowest BCUT2D eigenvalue weighted by atomic mass is 10.2. The average molecular weight is 495 g/mol. The second-order valence-electron chi connectivity index (χ2n) is 6.91. The van der Waals surface area contributed by atoms with Crippen molar-refractivity contribution in [2.45, 2.75) is 44.0 Å². The maximum absolute atomic E-state index is 9.06. The fourth-order valence-corrected chi connectivity index (χ4v) is 12.8. The molecule has 2 aliphatic heterocycles. The summed E-state index contributed by atoms with van der Waals surface area (Å²) in [6.45, 7) is 0.649. The zero-order chi connectivity index (χ0) is 19.6. The summed E-state index contributed by atoms with van der Waals surface area (Å²) in [6, 6.07) is 9.18. The van der Waals surface area contributed by atoms with Gasteiger partial charge in [-0.3, -0.25) is 0 Å². The van der Waals surface area contributed by atoms with Gasteiger partial charge in [0.25, 0.3) is 0 Å². The second-order valence-corrected chi connectivity index (χ2v) is 15.1. The first-order chi connectivity index (χ1) is 13.8. The summed E-state index contributed by atoms with van der Waals surface area (Å²) in [6.07, 6.45) is 1.89. The fraction of sp³-hybridized carbons (Fsp3) is 0.700. The van der Waals surface area contributed by atoms with Gasteiger partial charge in [-0.1, -0.05) is 24.3 Å². The van der Waals surface area contributed by atoms with E-state index >= 15 is 0 Å². The van der Waals surface area contributed by atoms with Crippen molar-refractivity contribution in [3.63, 3.8) is 0 Å². The van der Waals surface area contributed by atoms with E-state index in [9.17, 15) is 0 Å². The minimum atomic E-state index is 0.325. The molecule has 1 aromatic rings. The van der Waals surface area contributed by atoms with Crippen LogP contribution in [0.15, 0.2) is 24.3 Å². The van der Waals surface area contributed by atoms with Crippen LogP contribution in [0.5, 0.6) is 0 Å². The van der Waals surface area contributed by atoms with Crippen molar-refractivity contribution < 1.29 is 10.2 Å². The van der Waals surface area contributed by atoms with Gasteiger partial charge < -0.3 is 10.2 Å². The van der Waals surface area contributed by atoms with Crippen molar-refractivity contribution in [2.75, 3.05) is 36.2 Å². The van der Waals surface area contributed by atoms with Gasteiger partial charge in [0.2, 0.25) is 0 Å². The van der Waals surface area contributed by atoms with Crippen molar-refractivity contribution in [3.05, 3.63) is 35.4 Å². The molecule has 0 radical (unpaired) electrons. The number of rotatable bonds is 12. The van der Waals surface area contributed by atoms with Gasteiger partial charge in [0.15, 0.2) is 0 Å². The smallest absolute Gasteiger partial charge is 0.0596 e. The molecule has 3 rings (SSSR count). The third-order valence-corrected chi connectivity index (χ3v) is 14.3. The first-order valence-electron chi connectivity index (χ1n) is 9.76. The SMILES string of the molecule is OCCC1CSC(CSCc2ccc(CSCC3SCC(CCO)S3)cc2)S1. The second kappa shape index (κ2) is 13.6. The third-order valence-electron chi connectivity index (χ3n) is 4.59. The van der Waals surface area contributed by atoms with Crippen LogP contribution in [0, 0.1) is 0 Å². The molecule has 2 aliphatic rings. The van der Waals surface area contributed by atoms with Gasteiger partial charge in [0.1, 0.15) is 0 Å². The molecular formula is C20H30O2S6. The largest absolute Gasteiger partial charge is 0.396 e. The van der Waals surface area contributed by atoms with Crippen LogP contribution in [-0.4, -0.2) is 66.1 Å². The topological polar surface area (TPSA) is 40.5 Å². The van der Waals surface area contributed by atoms with E-state index in [-0.39, 0.29) is 0 Å². The molecule has 158 valence electrons. The first-order valence-corrected chi connectivity index (χ1v) is 16.0. The summed E-state index contributed by atoms with van der Waals surface area (Å²) in [5, 5.41) is 19.4.